The zero-order chi connectivity index (χ0) is 26.5. The molecule has 1 fully saturated rings. The lowest BCUT2D eigenvalue weighted by Crippen LogP contribution is -2.36. The highest BCUT2D eigenvalue weighted by atomic mass is 35.5. The molecule has 0 saturated heterocycles. The molecule has 1 saturated carbocycles. The van der Waals surface area contributed by atoms with Crippen LogP contribution in [0, 0.1) is 12.8 Å². The van der Waals surface area contributed by atoms with Gasteiger partial charge in [-0.15, -0.1) is 0 Å². The number of aromatic nitrogens is 5. The summed E-state index contributed by atoms with van der Waals surface area (Å²) in [6, 6.07) is 6.84. The Morgan fingerprint density at radius 3 is 2.59 bits per heavy atom. The number of anilines is 1. The van der Waals surface area contributed by atoms with Crippen molar-refractivity contribution < 1.29 is 22.8 Å². The number of carbonyl (C=O) groups excluding carboxylic acids is 2. The lowest BCUT2D eigenvalue weighted by atomic mass is 10.1. The standard InChI is InChI=1S/C24H21ClF3N7O2/c1-12-10-15-7-9-30-34(15)20(23(37)31-13(2)14-5-6-14)19(12)32-22(36)17-11-18(24(26,27)28)33-35(17)21-16(25)4-3-8-29-21/h3-4,7-11,13-14H,5-6H2,1-2H3,(H,31,37)(H,32,36). The Kier molecular flexibility index (Phi) is 6.14. The smallest absolute Gasteiger partial charge is 0.348 e. The summed E-state index contributed by atoms with van der Waals surface area (Å²) in [5.41, 5.74) is -0.470. The van der Waals surface area contributed by atoms with Crippen LogP contribution in [0.4, 0.5) is 18.9 Å². The summed E-state index contributed by atoms with van der Waals surface area (Å²) in [5, 5.41) is 13.3. The largest absolute Gasteiger partial charge is 0.435 e. The Morgan fingerprint density at radius 2 is 1.92 bits per heavy atom. The number of nitrogens with zero attached hydrogens (tertiary/aromatic N) is 5. The highest BCUT2D eigenvalue weighted by Gasteiger charge is 2.37. The Balaban J connectivity index is 1.58. The van der Waals surface area contributed by atoms with E-state index in [-0.39, 0.29) is 28.3 Å². The van der Waals surface area contributed by atoms with E-state index in [1.165, 1.54) is 29.0 Å². The monoisotopic (exact) mass is 531 g/mol. The molecule has 0 radical (unpaired) electrons. The zero-order valence-corrected chi connectivity index (χ0v) is 20.4. The van der Waals surface area contributed by atoms with Gasteiger partial charge in [-0.3, -0.25) is 9.59 Å². The molecule has 1 aliphatic rings. The van der Waals surface area contributed by atoms with Gasteiger partial charge in [0.05, 0.1) is 22.4 Å². The molecule has 4 aromatic heterocycles. The van der Waals surface area contributed by atoms with Crippen LogP contribution in [0.1, 0.15) is 52.0 Å². The molecule has 0 bridgehead atoms. The maximum absolute atomic E-state index is 13.5. The second-order valence-electron chi connectivity index (χ2n) is 8.91. The quantitative estimate of drug-likeness (QED) is 0.376. The molecule has 2 amide bonds. The highest BCUT2D eigenvalue weighted by molar-refractivity contribution is 6.32. The molecular weight excluding hydrogens is 511 g/mol. The van der Waals surface area contributed by atoms with Gasteiger partial charge in [0.15, 0.2) is 17.2 Å². The molecule has 37 heavy (non-hydrogen) atoms. The summed E-state index contributed by atoms with van der Waals surface area (Å²) in [6.07, 6.45) is 0.0248. The van der Waals surface area contributed by atoms with Gasteiger partial charge in [-0.25, -0.2) is 14.2 Å². The lowest BCUT2D eigenvalue weighted by molar-refractivity contribution is -0.141. The van der Waals surface area contributed by atoms with Gasteiger partial charge in [0.25, 0.3) is 11.8 Å². The van der Waals surface area contributed by atoms with Crippen molar-refractivity contribution in [2.24, 2.45) is 5.92 Å². The molecule has 4 heterocycles. The number of carbonyl (C=O) groups is 2. The maximum atomic E-state index is 13.5. The van der Waals surface area contributed by atoms with Crippen LogP contribution in [0.2, 0.25) is 5.02 Å². The number of alkyl halides is 3. The van der Waals surface area contributed by atoms with Crippen molar-refractivity contribution in [2.45, 2.75) is 38.9 Å². The van der Waals surface area contributed by atoms with Gasteiger partial charge in [-0.05, 0) is 62.4 Å². The van der Waals surface area contributed by atoms with Crippen molar-refractivity contribution in [1.82, 2.24) is 29.7 Å². The van der Waals surface area contributed by atoms with Gasteiger partial charge in [-0.2, -0.15) is 23.4 Å². The molecule has 13 heteroatoms. The van der Waals surface area contributed by atoms with E-state index in [1.54, 1.807) is 19.1 Å². The second kappa shape index (κ2) is 9.18. The van der Waals surface area contributed by atoms with E-state index < -0.39 is 29.4 Å². The summed E-state index contributed by atoms with van der Waals surface area (Å²) < 4.78 is 42.7. The Morgan fingerprint density at radius 1 is 1.16 bits per heavy atom. The number of pyridine rings is 2. The van der Waals surface area contributed by atoms with Crippen molar-refractivity contribution in [1.29, 1.82) is 0 Å². The average Bonchev–Trinajstić information content (AvgIpc) is 3.42. The fourth-order valence-electron chi connectivity index (χ4n) is 4.11. The molecule has 5 rings (SSSR count). The number of halogens is 4. The number of aryl methyl sites for hydroxylation is 1. The van der Waals surface area contributed by atoms with Gasteiger partial charge >= 0.3 is 6.18 Å². The molecule has 9 nitrogen and oxygen atoms in total. The van der Waals surface area contributed by atoms with Crippen LogP contribution in [-0.2, 0) is 6.18 Å². The van der Waals surface area contributed by atoms with Crippen molar-refractivity contribution in [3.8, 4) is 5.82 Å². The lowest BCUT2D eigenvalue weighted by Gasteiger charge is -2.18. The first-order chi connectivity index (χ1) is 17.5. The average molecular weight is 532 g/mol. The van der Waals surface area contributed by atoms with Crippen molar-refractivity contribution >= 4 is 34.6 Å². The van der Waals surface area contributed by atoms with E-state index in [0.717, 1.165) is 17.5 Å². The van der Waals surface area contributed by atoms with E-state index in [2.05, 4.69) is 25.8 Å². The van der Waals surface area contributed by atoms with E-state index >= 15 is 0 Å². The minimum Gasteiger partial charge on any atom is -0.348 e. The van der Waals surface area contributed by atoms with Crippen LogP contribution in [0.3, 0.4) is 0 Å². The Labute approximate surface area is 213 Å². The molecule has 4 aromatic rings. The fourth-order valence-corrected chi connectivity index (χ4v) is 4.31. The highest BCUT2D eigenvalue weighted by Crippen LogP contribution is 2.33. The molecule has 192 valence electrons. The summed E-state index contributed by atoms with van der Waals surface area (Å²) in [7, 11) is 0. The molecular formula is C24H21ClF3N7O2. The Bertz CT molecular complexity index is 1520. The van der Waals surface area contributed by atoms with Gasteiger partial charge in [-0.1, -0.05) is 11.6 Å². The SMILES string of the molecule is Cc1cc2ccnn2c(C(=O)NC(C)C2CC2)c1NC(=O)c1cc(C(F)(F)F)nn1-c1ncccc1Cl. The van der Waals surface area contributed by atoms with Crippen molar-refractivity contribution in [3.63, 3.8) is 0 Å². The van der Waals surface area contributed by atoms with Crippen LogP contribution >= 0.6 is 11.6 Å². The van der Waals surface area contributed by atoms with Crippen molar-refractivity contribution in [3.05, 3.63) is 70.4 Å². The van der Waals surface area contributed by atoms with Crippen LogP contribution in [0.5, 0.6) is 0 Å². The molecule has 1 unspecified atom stereocenters. The molecule has 0 spiro atoms. The predicted molar refractivity (Wildman–Crippen MR) is 129 cm³/mol. The van der Waals surface area contributed by atoms with Gasteiger partial charge in [0, 0.05) is 18.3 Å². The van der Waals surface area contributed by atoms with Crippen LogP contribution in [0.25, 0.3) is 11.3 Å². The first kappa shape index (κ1) is 24.8. The van der Waals surface area contributed by atoms with E-state index in [1.807, 2.05) is 6.92 Å². The van der Waals surface area contributed by atoms with E-state index in [9.17, 15) is 22.8 Å². The Hall–Kier alpha value is -3.93. The van der Waals surface area contributed by atoms with Crippen molar-refractivity contribution in [2.75, 3.05) is 5.32 Å². The first-order valence-corrected chi connectivity index (χ1v) is 11.8. The molecule has 1 aliphatic carbocycles. The maximum Gasteiger partial charge on any atom is 0.435 e. The fraction of sp³-hybridized carbons (Fsp3) is 0.292. The molecule has 0 aliphatic heterocycles. The first-order valence-electron chi connectivity index (χ1n) is 11.4. The number of nitrogens with one attached hydrogen (secondary N) is 2. The summed E-state index contributed by atoms with van der Waals surface area (Å²) in [4.78, 5) is 30.8. The van der Waals surface area contributed by atoms with Crippen LogP contribution in [-0.4, -0.2) is 42.2 Å². The topological polar surface area (TPSA) is 106 Å². The van der Waals surface area contributed by atoms with Crippen LogP contribution in [0.15, 0.2) is 42.7 Å². The number of amides is 2. The third-order valence-electron chi connectivity index (χ3n) is 6.19. The van der Waals surface area contributed by atoms with Crippen LogP contribution < -0.4 is 10.6 Å². The number of rotatable bonds is 6. The predicted octanol–water partition coefficient (Wildman–Crippen LogP) is 4.68. The van der Waals surface area contributed by atoms with Gasteiger partial charge in [0.2, 0.25) is 0 Å². The summed E-state index contributed by atoms with van der Waals surface area (Å²) >= 11 is 6.14. The summed E-state index contributed by atoms with van der Waals surface area (Å²) in [5.74, 6) is -1.19. The minimum atomic E-state index is -4.82. The third-order valence-corrected chi connectivity index (χ3v) is 6.49. The molecule has 2 N–H and O–H groups in total. The molecule has 1 atom stereocenters. The normalized spacial score (nSPS) is 14.5. The zero-order valence-electron chi connectivity index (χ0n) is 19.7. The minimum absolute atomic E-state index is 0.00311. The van der Waals surface area contributed by atoms with Gasteiger partial charge in [0.1, 0.15) is 5.69 Å². The van der Waals surface area contributed by atoms with E-state index in [0.29, 0.717) is 23.1 Å². The number of fused-ring (bicyclic) bond motifs is 1. The third kappa shape index (κ3) is 4.76. The number of hydrogen-bond donors (Lipinski definition) is 2. The van der Waals surface area contributed by atoms with Gasteiger partial charge < -0.3 is 10.6 Å². The van der Waals surface area contributed by atoms with E-state index in [4.69, 9.17) is 11.6 Å². The number of hydrogen-bond acceptors (Lipinski definition) is 5. The molecule has 0 aromatic carbocycles. The summed E-state index contributed by atoms with van der Waals surface area (Å²) in [6.45, 7) is 3.58. The second-order valence-corrected chi connectivity index (χ2v) is 9.31.